The highest BCUT2D eigenvalue weighted by Crippen LogP contribution is 2.26. The summed E-state index contributed by atoms with van der Waals surface area (Å²) in [5.41, 5.74) is 1.03. The van der Waals surface area contributed by atoms with Crippen LogP contribution in [0.5, 0.6) is 11.5 Å². The highest BCUT2D eigenvalue weighted by Gasteiger charge is 2.33. The average molecular weight is 284 g/mol. The zero-order valence-electron chi connectivity index (χ0n) is 11.9. The van der Waals surface area contributed by atoms with E-state index < -0.39 is 0 Å². The molecule has 0 amide bonds. The van der Waals surface area contributed by atoms with Gasteiger partial charge in [-0.3, -0.25) is 0 Å². The number of para-hydroxylation sites is 2. The van der Waals surface area contributed by atoms with E-state index in [1.54, 1.807) is 7.11 Å². The molecule has 3 rings (SSSR count). The van der Waals surface area contributed by atoms with Gasteiger partial charge in [-0.2, -0.15) is 0 Å². The first-order chi connectivity index (χ1) is 10.4. The van der Waals surface area contributed by atoms with Crippen LogP contribution in [0.3, 0.4) is 0 Å². The summed E-state index contributed by atoms with van der Waals surface area (Å²) in [5, 5.41) is 0. The Morgan fingerprint density at radius 3 is 2.52 bits per heavy atom. The third kappa shape index (κ3) is 3.38. The maximum Gasteiger partial charge on any atom is 0.494 e. The van der Waals surface area contributed by atoms with E-state index in [-0.39, 0.29) is 13.2 Å². The Hall–Kier alpha value is -1.98. The smallest absolute Gasteiger partial charge is 0.493 e. The molecule has 0 N–H and O–H groups in total. The molecule has 21 heavy (non-hydrogen) atoms. The molecule has 1 atom stereocenters. The fourth-order valence-corrected chi connectivity index (χ4v) is 2.24. The van der Waals surface area contributed by atoms with Crippen LogP contribution in [0.1, 0.15) is 0 Å². The van der Waals surface area contributed by atoms with Crippen molar-refractivity contribution in [1.82, 2.24) is 0 Å². The highest BCUT2D eigenvalue weighted by molar-refractivity contribution is 6.61. The van der Waals surface area contributed by atoms with Crippen LogP contribution in [0, 0.1) is 0 Å². The molecule has 0 saturated carbocycles. The van der Waals surface area contributed by atoms with Crippen LogP contribution >= 0.6 is 0 Å². The number of hydrogen-bond donors (Lipinski definition) is 0. The maximum atomic E-state index is 5.85. The fourth-order valence-electron chi connectivity index (χ4n) is 2.24. The van der Waals surface area contributed by atoms with Crippen molar-refractivity contribution >= 4 is 12.6 Å². The first-order valence-electron chi connectivity index (χ1n) is 6.94. The Balaban J connectivity index is 1.56. The van der Waals surface area contributed by atoms with Crippen LogP contribution in [-0.2, 0) is 9.31 Å². The van der Waals surface area contributed by atoms with Gasteiger partial charge < -0.3 is 18.8 Å². The third-order valence-electron chi connectivity index (χ3n) is 3.32. The SMILES string of the molecule is COc1ccccc1OCC1COB(c2ccccc2)O1. The van der Waals surface area contributed by atoms with E-state index in [1.165, 1.54) is 0 Å². The van der Waals surface area contributed by atoms with Crippen LogP contribution < -0.4 is 14.9 Å². The van der Waals surface area contributed by atoms with Crippen molar-refractivity contribution in [2.75, 3.05) is 20.3 Å². The second-order valence-electron chi connectivity index (χ2n) is 4.80. The fraction of sp³-hybridized carbons (Fsp3) is 0.250. The van der Waals surface area contributed by atoms with Crippen LogP contribution in [0.2, 0.25) is 0 Å². The minimum atomic E-state index is -0.308. The lowest BCUT2D eigenvalue weighted by molar-refractivity contribution is 0.145. The molecule has 1 aliphatic rings. The summed E-state index contributed by atoms with van der Waals surface area (Å²) in [4.78, 5) is 0. The summed E-state index contributed by atoms with van der Waals surface area (Å²) in [5.74, 6) is 1.43. The lowest BCUT2D eigenvalue weighted by Gasteiger charge is -2.13. The monoisotopic (exact) mass is 284 g/mol. The predicted octanol–water partition coefficient (Wildman–Crippen LogP) is 1.88. The summed E-state index contributed by atoms with van der Waals surface area (Å²) in [6.07, 6.45) is -0.0832. The molecular weight excluding hydrogens is 267 g/mol. The van der Waals surface area contributed by atoms with Gasteiger partial charge in [0, 0.05) is 0 Å². The van der Waals surface area contributed by atoms with Crippen molar-refractivity contribution in [2.24, 2.45) is 0 Å². The molecule has 0 aromatic heterocycles. The molecule has 5 heteroatoms. The Morgan fingerprint density at radius 2 is 1.76 bits per heavy atom. The summed E-state index contributed by atoms with van der Waals surface area (Å²) in [6, 6.07) is 17.5. The molecule has 0 bridgehead atoms. The van der Waals surface area contributed by atoms with Gasteiger partial charge in [0.15, 0.2) is 11.5 Å². The van der Waals surface area contributed by atoms with Gasteiger partial charge in [0.25, 0.3) is 0 Å². The molecule has 1 fully saturated rings. The molecule has 1 heterocycles. The largest absolute Gasteiger partial charge is 0.494 e. The first-order valence-corrected chi connectivity index (χ1v) is 6.94. The molecule has 2 aromatic carbocycles. The van der Waals surface area contributed by atoms with E-state index in [0.29, 0.717) is 19.0 Å². The highest BCUT2D eigenvalue weighted by atomic mass is 16.7. The Kier molecular flexibility index (Phi) is 4.43. The van der Waals surface area contributed by atoms with Gasteiger partial charge in [-0.1, -0.05) is 42.5 Å². The molecular formula is C16H17BO4. The Morgan fingerprint density at radius 1 is 1.05 bits per heavy atom. The van der Waals surface area contributed by atoms with E-state index in [4.69, 9.17) is 18.8 Å². The summed E-state index contributed by atoms with van der Waals surface area (Å²) >= 11 is 0. The molecule has 4 nitrogen and oxygen atoms in total. The molecule has 0 radical (unpaired) electrons. The number of benzene rings is 2. The molecule has 0 spiro atoms. The quantitative estimate of drug-likeness (QED) is 0.786. The van der Waals surface area contributed by atoms with Gasteiger partial charge >= 0.3 is 7.12 Å². The second kappa shape index (κ2) is 6.65. The Labute approximate surface area is 124 Å². The van der Waals surface area contributed by atoms with Crippen molar-refractivity contribution in [2.45, 2.75) is 6.10 Å². The van der Waals surface area contributed by atoms with E-state index >= 15 is 0 Å². The van der Waals surface area contributed by atoms with Crippen LogP contribution in [-0.4, -0.2) is 33.5 Å². The van der Waals surface area contributed by atoms with Crippen molar-refractivity contribution < 1.29 is 18.8 Å². The topological polar surface area (TPSA) is 36.9 Å². The van der Waals surface area contributed by atoms with E-state index in [0.717, 1.165) is 11.2 Å². The van der Waals surface area contributed by atoms with Crippen LogP contribution in [0.15, 0.2) is 54.6 Å². The molecule has 0 aliphatic carbocycles. The molecule has 2 aromatic rings. The Bertz CT molecular complexity index is 575. The van der Waals surface area contributed by atoms with E-state index in [9.17, 15) is 0 Å². The molecule has 1 unspecified atom stereocenters. The number of hydrogen-bond acceptors (Lipinski definition) is 4. The van der Waals surface area contributed by atoms with Crippen molar-refractivity contribution in [3.05, 3.63) is 54.6 Å². The molecule has 1 aliphatic heterocycles. The number of methoxy groups -OCH3 is 1. The first kappa shape index (κ1) is 14.0. The van der Waals surface area contributed by atoms with Gasteiger partial charge in [-0.15, -0.1) is 0 Å². The van der Waals surface area contributed by atoms with Crippen molar-refractivity contribution in [1.29, 1.82) is 0 Å². The summed E-state index contributed by atoms with van der Waals surface area (Å²) < 4.78 is 22.5. The second-order valence-corrected chi connectivity index (χ2v) is 4.80. The van der Waals surface area contributed by atoms with E-state index in [1.807, 2.05) is 54.6 Å². The lowest BCUT2D eigenvalue weighted by Crippen LogP contribution is -2.33. The van der Waals surface area contributed by atoms with Gasteiger partial charge in [0.05, 0.1) is 19.8 Å². The zero-order chi connectivity index (χ0) is 14.5. The van der Waals surface area contributed by atoms with Gasteiger partial charge in [-0.05, 0) is 17.6 Å². The third-order valence-corrected chi connectivity index (χ3v) is 3.32. The van der Waals surface area contributed by atoms with E-state index in [2.05, 4.69) is 0 Å². The minimum Gasteiger partial charge on any atom is -0.493 e. The predicted molar refractivity (Wildman–Crippen MR) is 81.1 cm³/mol. The maximum absolute atomic E-state index is 5.85. The van der Waals surface area contributed by atoms with Crippen LogP contribution in [0.25, 0.3) is 0 Å². The summed E-state index contributed by atoms with van der Waals surface area (Å²) in [7, 11) is 1.32. The average Bonchev–Trinajstić information content (AvgIpc) is 3.03. The van der Waals surface area contributed by atoms with Gasteiger partial charge in [-0.25, -0.2) is 0 Å². The number of rotatable bonds is 5. The van der Waals surface area contributed by atoms with Gasteiger partial charge in [0.1, 0.15) is 6.61 Å². The molecule has 1 saturated heterocycles. The minimum absolute atomic E-state index is 0.0832. The standard InChI is InChI=1S/C16H17BO4/c1-18-15-9-5-6-10-16(15)19-11-14-12-20-17(21-14)13-7-3-2-4-8-13/h2-10,14H,11-12H2,1H3. The van der Waals surface area contributed by atoms with Crippen LogP contribution in [0.4, 0.5) is 0 Å². The molecule has 108 valence electrons. The van der Waals surface area contributed by atoms with Gasteiger partial charge in [0.2, 0.25) is 0 Å². The van der Waals surface area contributed by atoms with Crippen molar-refractivity contribution in [3.8, 4) is 11.5 Å². The van der Waals surface area contributed by atoms with Crippen molar-refractivity contribution in [3.63, 3.8) is 0 Å². The normalized spacial score (nSPS) is 17.8. The zero-order valence-corrected chi connectivity index (χ0v) is 11.9. The lowest BCUT2D eigenvalue weighted by atomic mass is 9.79. The summed E-state index contributed by atoms with van der Waals surface area (Å²) in [6.45, 7) is 0.957. The number of ether oxygens (including phenoxy) is 2.